The minimum Gasteiger partial charge on any atom is -0.411 e. The standard InChI is InChI=1S/C17H15N3O.2C2H6/c1-12(20-21)16-11-18-17(13-7-3-2-4-8-13)14-9-5-6-10-15(14)19-16;2*1-2/h2-10,21H,11H2,1H3;2*1-2H3. The van der Waals surface area contributed by atoms with Crippen LogP contribution in [0.4, 0.5) is 5.69 Å². The van der Waals surface area contributed by atoms with Gasteiger partial charge in [0.05, 0.1) is 29.4 Å². The van der Waals surface area contributed by atoms with Crippen molar-refractivity contribution < 1.29 is 5.21 Å². The van der Waals surface area contributed by atoms with Crippen molar-refractivity contribution in [1.29, 1.82) is 0 Å². The largest absolute Gasteiger partial charge is 0.411 e. The van der Waals surface area contributed by atoms with E-state index >= 15 is 0 Å². The maximum atomic E-state index is 8.97. The molecule has 1 aliphatic rings. The second-order valence-electron chi connectivity index (χ2n) is 4.79. The summed E-state index contributed by atoms with van der Waals surface area (Å²) in [5, 5.41) is 12.2. The summed E-state index contributed by atoms with van der Waals surface area (Å²) in [6, 6.07) is 17.9. The van der Waals surface area contributed by atoms with E-state index in [4.69, 9.17) is 5.21 Å². The minimum absolute atomic E-state index is 0.398. The summed E-state index contributed by atoms with van der Waals surface area (Å²) in [5.41, 5.74) is 4.97. The second kappa shape index (κ2) is 10.9. The van der Waals surface area contributed by atoms with Gasteiger partial charge in [-0.25, -0.2) is 4.99 Å². The van der Waals surface area contributed by atoms with E-state index in [1.807, 2.05) is 82.3 Å². The molecule has 1 heterocycles. The lowest BCUT2D eigenvalue weighted by Gasteiger charge is -2.07. The molecule has 0 bridgehead atoms. The topological polar surface area (TPSA) is 57.3 Å². The Bertz CT molecular complexity index is 747. The first kappa shape index (κ1) is 20.3. The van der Waals surface area contributed by atoms with E-state index in [0.717, 1.165) is 22.5 Å². The van der Waals surface area contributed by atoms with Crippen molar-refractivity contribution in [2.24, 2.45) is 15.1 Å². The first-order valence-corrected chi connectivity index (χ1v) is 8.75. The number of fused-ring (bicyclic) bond motifs is 1. The van der Waals surface area contributed by atoms with Gasteiger partial charge in [-0.3, -0.25) is 4.99 Å². The van der Waals surface area contributed by atoms with Gasteiger partial charge < -0.3 is 5.21 Å². The Hall–Kier alpha value is -2.75. The third-order valence-corrected chi connectivity index (χ3v) is 3.42. The lowest BCUT2D eigenvalue weighted by molar-refractivity contribution is 0.320. The van der Waals surface area contributed by atoms with Gasteiger partial charge in [-0.15, -0.1) is 0 Å². The van der Waals surface area contributed by atoms with Gasteiger partial charge in [0.15, 0.2) is 0 Å². The molecule has 0 fully saturated rings. The van der Waals surface area contributed by atoms with Gasteiger partial charge in [0.1, 0.15) is 0 Å². The molecule has 3 rings (SSSR count). The number of hydrogen-bond acceptors (Lipinski definition) is 4. The molecule has 0 atom stereocenters. The van der Waals surface area contributed by atoms with Crippen molar-refractivity contribution in [2.75, 3.05) is 6.54 Å². The van der Waals surface area contributed by atoms with Crippen molar-refractivity contribution in [1.82, 2.24) is 0 Å². The van der Waals surface area contributed by atoms with Crippen LogP contribution >= 0.6 is 0 Å². The highest BCUT2D eigenvalue weighted by Crippen LogP contribution is 2.25. The van der Waals surface area contributed by atoms with E-state index in [0.29, 0.717) is 18.0 Å². The van der Waals surface area contributed by atoms with Gasteiger partial charge >= 0.3 is 0 Å². The average Bonchev–Trinajstić information content (AvgIpc) is 2.91. The molecule has 0 saturated heterocycles. The predicted molar refractivity (Wildman–Crippen MR) is 108 cm³/mol. The van der Waals surface area contributed by atoms with E-state index in [-0.39, 0.29) is 0 Å². The molecule has 25 heavy (non-hydrogen) atoms. The molecule has 2 aromatic rings. The molecule has 0 spiro atoms. The van der Waals surface area contributed by atoms with Crippen LogP contribution in [0.25, 0.3) is 0 Å². The fourth-order valence-electron chi connectivity index (χ4n) is 2.29. The van der Waals surface area contributed by atoms with Gasteiger partial charge in [-0.05, 0) is 13.0 Å². The number of oxime groups is 1. The third kappa shape index (κ3) is 5.11. The molecule has 0 unspecified atom stereocenters. The summed E-state index contributed by atoms with van der Waals surface area (Å²) in [6.07, 6.45) is 0. The first-order valence-electron chi connectivity index (χ1n) is 8.75. The quantitative estimate of drug-likeness (QED) is 0.438. The Morgan fingerprint density at radius 2 is 1.52 bits per heavy atom. The molecule has 0 saturated carbocycles. The predicted octanol–water partition coefficient (Wildman–Crippen LogP) is 5.51. The number of benzene rings is 2. The summed E-state index contributed by atoms with van der Waals surface area (Å²) in [4.78, 5) is 9.28. The maximum absolute atomic E-state index is 8.97. The Labute approximate surface area is 150 Å². The number of hydrogen-bond donors (Lipinski definition) is 1. The number of nitrogens with zero attached hydrogens (tertiary/aromatic N) is 3. The molecule has 0 aromatic heterocycles. The lowest BCUT2D eigenvalue weighted by Crippen LogP contribution is -2.14. The van der Waals surface area contributed by atoms with Gasteiger partial charge in [0.2, 0.25) is 0 Å². The van der Waals surface area contributed by atoms with Crippen molar-refractivity contribution >= 4 is 22.8 Å². The molecule has 4 heteroatoms. The molecule has 1 aliphatic heterocycles. The van der Waals surface area contributed by atoms with Gasteiger partial charge in [0.25, 0.3) is 0 Å². The normalized spacial score (nSPS) is 12.9. The summed E-state index contributed by atoms with van der Waals surface area (Å²) in [5.74, 6) is 0. The van der Waals surface area contributed by atoms with Crippen molar-refractivity contribution in [3.63, 3.8) is 0 Å². The number of para-hydroxylation sites is 1. The Morgan fingerprint density at radius 3 is 2.16 bits per heavy atom. The highest BCUT2D eigenvalue weighted by atomic mass is 16.4. The number of rotatable bonds is 2. The SMILES string of the molecule is CC.CC.CC(=NO)C1=Nc2ccccc2C(c2ccccc2)=NC1. The Morgan fingerprint density at radius 1 is 0.920 bits per heavy atom. The fraction of sp³-hybridized carbons (Fsp3) is 0.286. The van der Waals surface area contributed by atoms with Crippen molar-refractivity contribution in [3.05, 3.63) is 65.7 Å². The minimum atomic E-state index is 0.398. The van der Waals surface area contributed by atoms with Crippen LogP contribution in [0.2, 0.25) is 0 Å². The summed E-state index contributed by atoms with van der Waals surface area (Å²) in [7, 11) is 0. The van der Waals surface area contributed by atoms with Crippen LogP contribution < -0.4 is 0 Å². The van der Waals surface area contributed by atoms with Crippen LogP contribution in [-0.4, -0.2) is 28.9 Å². The van der Waals surface area contributed by atoms with Crippen LogP contribution in [0.5, 0.6) is 0 Å². The molecule has 4 nitrogen and oxygen atoms in total. The number of aliphatic imine (C=N–C) groups is 2. The van der Waals surface area contributed by atoms with E-state index in [2.05, 4.69) is 15.1 Å². The zero-order valence-corrected chi connectivity index (χ0v) is 15.7. The van der Waals surface area contributed by atoms with E-state index in [9.17, 15) is 0 Å². The second-order valence-corrected chi connectivity index (χ2v) is 4.79. The molecule has 2 aromatic carbocycles. The van der Waals surface area contributed by atoms with Crippen LogP contribution in [0.3, 0.4) is 0 Å². The zero-order valence-electron chi connectivity index (χ0n) is 15.7. The van der Waals surface area contributed by atoms with Gasteiger partial charge in [-0.1, -0.05) is 81.4 Å². The monoisotopic (exact) mass is 337 g/mol. The molecular weight excluding hydrogens is 310 g/mol. The molecule has 0 aliphatic carbocycles. The summed E-state index contributed by atoms with van der Waals surface area (Å²) in [6.45, 7) is 10.1. The van der Waals surface area contributed by atoms with E-state index in [1.54, 1.807) is 6.92 Å². The van der Waals surface area contributed by atoms with Gasteiger partial charge in [0, 0.05) is 11.1 Å². The van der Waals surface area contributed by atoms with E-state index in [1.165, 1.54) is 0 Å². The lowest BCUT2D eigenvalue weighted by atomic mass is 10.0. The van der Waals surface area contributed by atoms with Crippen molar-refractivity contribution in [2.45, 2.75) is 34.6 Å². The van der Waals surface area contributed by atoms with Gasteiger partial charge in [-0.2, -0.15) is 0 Å². The molecule has 0 radical (unpaired) electrons. The van der Waals surface area contributed by atoms with E-state index < -0.39 is 0 Å². The van der Waals surface area contributed by atoms with Crippen LogP contribution in [0, 0.1) is 0 Å². The Kier molecular flexibility index (Phi) is 8.86. The van der Waals surface area contributed by atoms with Crippen molar-refractivity contribution in [3.8, 4) is 0 Å². The summed E-state index contributed by atoms with van der Waals surface area (Å²) >= 11 is 0. The summed E-state index contributed by atoms with van der Waals surface area (Å²) < 4.78 is 0. The van der Waals surface area contributed by atoms with Crippen LogP contribution in [0.15, 0.2) is 69.7 Å². The fourth-order valence-corrected chi connectivity index (χ4v) is 2.29. The first-order chi connectivity index (χ1) is 12.3. The average molecular weight is 337 g/mol. The molecule has 1 N–H and O–H groups in total. The molecular formula is C21H27N3O. The zero-order chi connectivity index (χ0) is 18.7. The molecule has 0 amide bonds. The smallest absolute Gasteiger partial charge is 0.0998 e. The molecule has 132 valence electrons. The Balaban J connectivity index is 0.000000730. The maximum Gasteiger partial charge on any atom is 0.0998 e. The van der Waals surface area contributed by atoms with Crippen LogP contribution in [0.1, 0.15) is 45.7 Å². The van der Waals surface area contributed by atoms with Crippen LogP contribution in [-0.2, 0) is 0 Å². The third-order valence-electron chi connectivity index (χ3n) is 3.42. The highest BCUT2D eigenvalue weighted by molar-refractivity contribution is 6.43. The highest BCUT2D eigenvalue weighted by Gasteiger charge is 2.16.